The SMILES string of the molecule is CCOC(=O)C(=O)N1c2c(cc(Br)cc2[N+](=O)[O-])CCC1CC(=O)OC. The molecule has 1 aliphatic heterocycles. The van der Waals surface area contributed by atoms with E-state index in [1.807, 2.05) is 0 Å². The van der Waals surface area contributed by atoms with Crippen LogP contribution >= 0.6 is 15.9 Å². The Balaban J connectivity index is 2.59. The van der Waals surface area contributed by atoms with Crippen molar-refractivity contribution in [3.8, 4) is 0 Å². The quantitative estimate of drug-likeness (QED) is 0.312. The summed E-state index contributed by atoms with van der Waals surface area (Å²) in [5.74, 6) is -2.76. The summed E-state index contributed by atoms with van der Waals surface area (Å²) in [6.45, 7) is 1.52. The van der Waals surface area contributed by atoms with E-state index in [0.717, 1.165) is 4.90 Å². The van der Waals surface area contributed by atoms with Crippen LogP contribution in [0, 0.1) is 10.1 Å². The van der Waals surface area contributed by atoms with E-state index in [-0.39, 0.29) is 24.4 Å². The molecule has 2 rings (SSSR count). The summed E-state index contributed by atoms with van der Waals surface area (Å²) in [5.41, 5.74) is 0.211. The summed E-state index contributed by atoms with van der Waals surface area (Å²) in [4.78, 5) is 48.2. The molecule has 1 amide bonds. The Kier molecular flexibility index (Phi) is 6.30. The van der Waals surface area contributed by atoms with Crippen LogP contribution in [0.3, 0.4) is 0 Å². The van der Waals surface area contributed by atoms with Crippen molar-refractivity contribution in [2.24, 2.45) is 0 Å². The van der Waals surface area contributed by atoms with E-state index in [4.69, 9.17) is 4.74 Å². The fourth-order valence-electron chi connectivity index (χ4n) is 2.91. The van der Waals surface area contributed by atoms with Gasteiger partial charge in [0, 0.05) is 16.6 Å². The van der Waals surface area contributed by atoms with Crippen LogP contribution in [-0.4, -0.2) is 42.5 Å². The molecular weight excluding hydrogens is 412 g/mol. The largest absolute Gasteiger partial charge is 0.469 e. The van der Waals surface area contributed by atoms with Crippen molar-refractivity contribution < 1.29 is 28.8 Å². The van der Waals surface area contributed by atoms with Crippen molar-refractivity contribution in [3.63, 3.8) is 0 Å². The first-order valence-electron chi connectivity index (χ1n) is 7.84. The molecule has 0 saturated carbocycles. The predicted octanol–water partition coefficient (Wildman–Crippen LogP) is 2.13. The number of carbonyl (C=O) groups excluding carboxylic acids is 3. The number of fused-ring (bicyclic) bond motifs is 1. The second-order valence-electron chi connectivity index (χ2n) is 5.56. The normalized spacial score (nSPS) is 15.8. The zero-order valence-electron chi connectivity index (χ0n) is 14.2. The van der Waals surface area contributed by atoms with E-state index in [9.17, 15) is 24.5 Å². The van der Waals surface area contributed by atoms with Crippen LogP contribution < -0.4 is 4.90 Å². The van der Waals surface area contributed by atoms with Gasteiger partial charge in [0.2, 0.25) is 0 Å². The van der Waals surface area contributed by atoms with Crippen LogP contribution in [0.2, 0.25) is 0 Å². The number of ether oxygens (including phenoxy) is 2. The molecule has 10 heteroatoms. The molecule has 0 N–H and O–H groups in total. The summed E-state index contributed by atoms with van der Waals surface area (Å²) >= 11 is 3.21. The maximum absolute atomic E-state index is 12.7. The molecule has 0 aliphatic carbocycles. The van der Waals surface area contributed by atoms with Gasteiger partial charge in [-0.2, -0.15) is 0 Å². The van der Waals surface area contributed by atoms with Gasteiger partial charge in [0.1, 0.15) is 5.69 Å². The lowest BCUT2D eigenvalue weighted by atomic mass is 9.92. The van der Waals surface area contributed by atoms with Gasteiger partial charge >= 0.3 is 17.8 Å². The van der Waals surface area contributed by atoms with Gasteiger partial charge in [-0.05, 0) is 31.4 Å². The average Bonchev–Trinajstić information content (AvgIpc) is 2.60. The molecule has 0 bridgehead atoms. The minimum absolute atomic E-state index is 0.0106. The Labute approximate surface area is 157 Å². The van der Waals surface area contributed by atoms with Gasteiger partial charge in [0.15, 0.2) is 0 Å². The maximum atomic E-state index is 12.7. The minimum Gasteiger partial charge on any atom is -0.469 e. The molecule has 1 aromatic rings. The topological polar surface area (TPSA) is 116 Å². The third-order valence-electron chi connectivity index (χ3n) is 3.98. The molecule has 0 saturated heterocycles. The monoisotopic (exact) mass is 428 g/mol. The lowest BCUT2D eigenvalue weighted by Gasteiger charge is -2.35. The molecule has 9 nitrogen and oxygen atoms in total. The Morgan fingerprint density at radius 3 is 2.65 bits per heavy atom. The van der Waals surface area contributed by atoms with E-state index < -0.39 is 28.8 Å². The summed E-state index contributed by atoms with van der Waals surface area (Å²) in [7, 11) is 1.20. The fourth-order valence-corrected chi connectivity index (χ4v) is 3.40. The molecule has 0 radical (unpaired) electrons. The van der Waals surface area contributed by atoms with Crippen molar-refractivity contribution in [2.45, 2.75) is 32.2 Å². The number of nitrogens with zero attached hydrogens (tertiary/aromatic N) is 2. The number of esters is 2. The number of amides is 1. The Morgan fingerprint density at radius 1 is 1.38 bits per heavy atom. The highest BCUT2D eigenvalue weighted by molar-refractivity contribution is 9.10. The molecule has 26 heavy (non-hydrogen) atoms. The smallest absolute Gasteiger partial charge is 0.397 e. The van der Waals surface area contributed by atoms with Crippen molar-refractivity contribution in [3.05, 3.63) is 32.3 Å². The summed E-state index contributed by atoms with van der Waals surface area (Å²) in [5, 5.41) is 11.5. The van der Waals surface area contributed by atoms with E-state index in [2.05, 4.69) is 20.7 Å². The van der Waals surface area contributed by atoms with Crippen molar-refractivity contribution in [1.82, 2.24) is 0 Å². The summed E-state index contributed by atoms with van der Waals surface area (Å²) in [6.07, 6.45) is 0.568. The molecule has 0 spiro atoms. The van der Waals surface area contributed by atoms with Crippen LogP contribution in [0.4, 0.5) is 11.4 Å². The second kappa shape index (κ2) is 8.26. The first-order valence-corrected chi connectivity index (χ1v) is 8.63. The molecule has 1 atom stereocenters. The lowest BCUT2D eigenvalue weighted by molar-refractivity contribution is -0.384. The third kappa shape index (κ3) is 4.01. The molecule has 0 fully saturated rings. The van der Waals surface area contributed by atoms with E-state index in [1.165, 1.54) is 13.2 Å². The van der Waals surface area contributed by atoms with Crippen molar-refractivity contribution >= 4 is 45.2 Å². The van der Waals surface area contributed by atoms with Crippen LogP contribution in [0.25, 0.3) is 0 Å². The van der Waals surface area contributed by atoms with E-state index in [1.54, 1.807) is 13.0 Å². The molecule has 1 aromatic carbocycles. The second-order valence-corrected chi connectivity index (χ2v) is 6.47. The van der Waals surface area contributed by atoms with Crippen LogP contribution in [0.1, 0.15) is 25.3 Å². The number of benzene rings is 1. The number of hydrogen-bond acceptors (Lipinski definition) is 7. The van der Waals surface area contributed by atoms with Gasteiger partial charge in [-0.25, -0.2) is 4.79 Å². The predicted molar refractivity (Wildman–Crippen MR) is 93.7 cm³/mol. The number of halogens is 1. The number of nitro benzene ring substituents is 1. The Hall–Kier alpha value is -2.49. The highest BCUT2D eigenvalue weighted by Gasteiger charge is 2.40. The van der Waals surface area contributed by atoms with Crippen molar-refractivity contribution in [2.75, 3.05) is 18.6 Å². The Bertz CT molecular complexity index is 765. The number of aryl methyl sites for hydroxylation is 1. The highest BCUT2D eigenvalue weighted by Crippen LogP contribution is 2.41. The third-order valence-corrected chi connectivity index (χ3v) is 4.44. The molecule has 0 aromatic heterocycles. The highest BCUT2D eigenvalue weighted by atomic mass is 79.9. The molecule has 140 valence electrons. The van der Waals surface area contributed by atoms with Crippen molar-refractivity contribution in [1.29, 1.82) is 0 Å². The van der Waals surface area contributed by atoms with Gasteiger partial charge in [-0.3, -0.25) is 24.6 Å². The lowest BCUT2D eigenvalue weighted by Crippen LogP contribution is -2.48. The zero-order valence-corrected chi connectivity index (χ0v) is 15.8. The number of rotatable bonds is 4. The van der Waals surface area contributed by atoms with Crippen LogP contribution in [0.15, 0.2) is 16.6 Å². The average molecular weight is 429 g/mol. The number of methoxy groups -OCH3 is 1. The molecule has 1 unspecified atom stereocenters. The minimum atomic E-state index is -1.13. The van der Waals surface area contributed by atoms with Gasteiger partial charge in [-0.1, -0.05) is 15.9 Å². The standard InChI is InChI=1S/C16H17BrN2O7/c1-3-26-16(22)15(21)18-11(8-13(20)25-2)5-4-9-6-10(17)7-12(14(9)18)19(23)24/h6-7,11H,3-5,8H2,1-2H3. The van der Waals surface area contributed by atoms with Gasteiger partial charge in [0.25, 0.3) is 5.69 Å². The fraction of sp³-hybridized carbons (Fsp3) is 0.438. The zero-order chi connectivity index (χ0) is 19.4. The molecule has 1 aliphatic rings. The number of nitro groups is 1. The summed E-state index contributed by atoms with van der Waals surface area (Å²) < 4.78 is 9.87. The summed E-state index contributed by atoms with van der Waals surface area (Å²) in [6, 6.07) is 2.17. The van der Waals surface area contributed by atoms with Gasteiger partial charge < -0.3 is 9.47 Å². The molecule has 1 heterocycles. The number of anilines is 1. The van der Waals surface area contributed by atoms with Crippen LogP contribution in [0.5, 0.6) is 0 Å². The van der Waals surface area contributed by atoms with E-state index in [0.29, 0.717) is 22.9 Å². The van der Waals surface area contributed by atoms with Gasteiger partial charge in [0.05, 0.1) is 25.1 Å². The first kappa shape index (κ1) is 19.8. The van der Waals surface area contributed by atoms with Gasteiger partial charge in [-0.15, -0.1) is 0 Å². The maximum Gasteiger partial charge on any atom is 0.397 e. The Morgan fingerprint density at radius 2 is 2.08 bits per heavy atom. The van der Waals surface area contributed by atoms with Crippen LogP contribution in [-0.2, 0) is 30.3 Å². The molecular formula is C16H17BrN2O7. The first-order chi connectivity index (χ1) is 12.3. The van der Waals surface area contributed by atoms with E-state index >= 15 is 0 Å². The number of carbonyl (C=O) groups is 3. The number of hydrogen-bond donors (Lipinski definition) is 0.